The molecule has 0 fully saturated rings. The van der Waals surface area contributed by atoms with Gasteiger partial charge in [-0.2, -0.15) is 0 Å². The van der Waals surface area contributed by atoms with Gasteiger partial charge in [0.05, 0.1) is 30.8 Å². The molecular weight excluding hydrogens is 416 g/mol. The summed E-state index contributed by atoms with van der Waals surface area (Å²) in [5, 5.41) is 0.0383. The number of methoxy groups -OCH3 is 1. The molecule has 1 rings (SSSR count). The van der Waals surface area contributed by atoms with E-state index < -0.39 is 13.7 Å². The number of terminal acetylenes is 1. The van der Waals surface area contributed by atoms with Gasteiger partial charge in [-0.15, -0.1) is 13.0 Å². The van der Waals surface area contributed by atoms with Gasteiger partial charge in [0.25, 0.3) is 0 Å². The molecule has 4 nitrogen and oxygen atoms in total. The Bertz CT molecular complexity index is 715. The molecule has 0 aliphatic rings. The van der Waals surface area contributed by atoms with Crippen LogP contribution in [0.25, 0.3) is 0 Å². The van der Waals surface area contributed by atoms with E-state index in [0.29, 0.717) is 26.2 Å². The smallest absolute Gasteiger partial charge is 0.192 e. The summed E-state index contributed by atoms with van der Waals surface area (Å²) < 4.78 is 25.1. The molecule has 5 heteroatoms. The molecule has 0 heterocycles. The van der Waals surface area contributed by atoms with E-state index in [2.05, 4.69) is 58.5 Å². The van der Waals surface area contributed by atoms with Crippen molar-refractivity contribution in [2.24, 2.45) is 5.41 Å². The highest BCUT2D eigenvalue weighted by Crippen LogP contribution is 2.40. The maximum Gasteiger partial charge on any atom is 0.192 e. The topological polar surface area (TPSA) is 36.9 Å². The summed E-state index contributed by atoms with van der Waals surface area (Å²) in [6.45, 7) is 20.5. The zero-order valence-electron chi connectivity index (χ0n) is 21.4. The minimum absolute atomic E-state index is 0.0383. The number of rotatable bonds is 14. The third kappa shape index (κ3) is 8.50. The molecule has 0 aromatic heterocycles. The Morgan fingerprint density at radius 2 is 1.75 bits per heavy atom. The van der Waals surface area contributed by atoms with E-state index in [4.69, 9.17) is 25.1 Å². The molecule has 0 N–H and O–H groups in total. The molecule has 0 radical (unpaired) electrons. The average Bonchev–Trinajstić information content (AvgIpc) is 2.73. The molecule has 0 spiro atoms. The highest BCUT2D eigenvalue weighted by molar-refractivity contribution is 6.74. The Kier molecular flexibility index (Phi) is 11.4. The number of hydrogen-bond donors (Lipinski definition) is 0. The lowest BCUT2D eigenvalue weighted by Crippen LogP contribution is -2.56. The Morgan fingerprint density at radius 3 is 2.25 bits per heavy atom. The van der Waals surface area contributed by atoms with Gasteiger partial charge in [-0.05, 0) is 44.0 Å². The van der Waals surface area contributed by atoms with Gasteiger partial charge in [-0.3, -0.25) is 0 Å². The molecule has 0 saturated heterocycles. The molecule has 0 unspecified atom stereocenters. The number of ether oxygens (including phenoxy) is 3. The fourth-order valence-electron chi connectivity index (χ4n) is 3.20. The van der Waals surface area contributed by atoms with Crippen molar-refractivity contribution in [2.75, 3.05) is 20.3 Å². The Hall–Kier alpha value is -1.42. The maximum absolute atomic E-state index is 6.92. The summed E-state index contributed by atoms with van der Waals surface area (Å²) in [6, 6.07) is 10.2. The molecule has 180 valence electrons. The highest BCUT2D eigenvalue weighted by atomic mass is 28.4. The lowest BCUT2D eigenvalue weighted by molar-refractivity contribution is -0.123. The number of hydrogen-bond acceptors (Lipinski definition) is 4. The van der Waals surface area contributed by atoms with E-state index in [9.17, 15) is 0 Å². The molecule has 1 aromatic carbocycles. The lowest BCUT2D eigenvalue weighted by atomic mass is 9.82. The van der Waals surface area contributed by atoms with Gasteiger partial charge < -0.3 is 18.6 Å². The van der Waals surface area contributed by atoms with Crippen LogP contribution < -0.4 is 0 Å². The molecule has 0 aliphatic carbocycles. The van der Waals surface area contributed by atoms with E-state index in [1.807, 2.05) is 32.0 Å². The van der Waals surface area contributed by atoms with Crippen LogP contribution in [0.15, 0.2) is 43.0 Å². The summed E-state index contributed by atoms with van der Waals surface area (Å²) in [5.74, 6) is 2.91. The SMILES string of the molecule is C#CC(C)(C)[C@@H](OCC=C)[C@H](O[Si](C)(C)C(C)(C)C)[C@H](CCOCc1ccccc1)OC. The molecule has 0 saturated carbocycles. The summed E-state index contributed by atoms with van der Waals surface area (Å²) in [7, 11) is -0.416. The van der Waals surface area contributed by atoms with Crippen LogP contribution in [0.2, 0.25) is 18.1 Å². The highest BCUT2D eigenvalue weighted by Gasteiger charge is 2.47. The second-order valence-corrected chi connectivity index (χ2v) is 15.1. The molecular formula is C27H44O4Si. The largest absolute Gasteiger partial charge is 0.409 e. The van der Waals surface area contributed by atoms with Gasteiger partial charge in [-0.25, -0.2) is 0 Å². The van der Waals surface area contributed by atoms with Crippen LogP contribution in [0, 0.1) is 17.8 Å². The van der Waals surface area contributed by atoms with E-state index >= 15 is 0 Å². The third-order valence-electron chi connectivity index (χ3n) is 6.34. The maximum atomic E-state index is 6.92. The zero-order chi connectivity index (χ0) is 24.4. The molecule has 32 heavy (non-hydrogen) atoms. The minimum atomic E-state index is -2.14. The predicted molar refractivity (Wildman–Crippen MR) is 136 cm³/mol. The van der Waals surface area contributed by atoms with Crippen LogP contribution in [0.4, 0.5) is 0 Å². The van der Waals surface area contributed by atoms with Crippen LogP contribution in [0.3, 0.4) is 0 Å². The molecule has 0 bridgehead atoms. The van der Waals surface area contributed by atoms with Gasteiger partial charge in [0, 0.05) is 13.7 Å². The summed E-state index contributed by atoms with van der Waals surface area (Å²) >= 11 is 0. The standard InChI is InChI=1S/C27H44O4Si/c1-11-19-30-25(27(6,7)12-2)24(31-32(9,10)26(3,4)5)23(28-8)18-20-29-21-22-16-14-13-15-17-22/h2,11,13-17,23-25H,1,18-21H2,3-10H3/t23-,24+,25-/m0/s1. The van der Waals surface area contributed by atoms with E-state index in [-0.39, 0.29) is 23.4 Å². The van der Waals surface area contributed by atoms with Gasteiger partial charge in [0.2, 0.25) is 0 Å². The van der Waals surface area contributed by atoms with E-state index in [1.165, 1.54) is 0 Å². The van der Waals surface area contributed by atoms with Gasteiger partial charge in [-0.1, -0.05) is 63.1 Å². The predicted octanol–water partition coefficient (Wildman–Crippen LogP) is 6.23. The Labute approximate surface area is 197 Å². The van der Waals surface area contributed by atoms with Crippen molar-refractivity contribution in [3.63, 3.8) is 0 Å². The van der Waals surface area contributed by atoms with Crippen molar-refractivity contribution in [3.8, 4) is 12.3 Å². The van der Waals surface area contributed by atoms with E-state index in [0.717, 1.165) is 5.56 Å². The van der Waals surface area contributed by atoms with Crippen LogP contribution in [-0.2, 0) is 25.2 Å². The normalized spacial score (nSPS) is 15.6. The van der Waals surface area contributed by atoms with Crippen LogP contribution in [-0.4, -0.2) is 47.0 Å². The van der Waals surface area contributed by atoms with Crippen molar-refractivity contribution in [3.05, 3.63) is 48.6 Å². The van der Waals surface area contributed by atoms with Crippen molar-refractivity contribution in [2.45, 2.75) is 84.1 Å². The molecule has 1 aromatic rings. The zero-order valence-corrected chi connectivity index (χ0v) is 22.4. The minimum Gasteiger partial charge on any atom is -0.409 e. The summed E-state index contributed by atoms with van der Waals surface area (Å²) in [4.78, 5) is 0. The van der Waals surface area contributed by atoms with Crippen LogP contribution in [0.1, 0.15) is 46.6 Å². The van der Waals surface area contributed by atoms with Crippen molar-refractivity contribution >= 4 is 8.32 Å². The van der Waals surface area contributed by atoms with Crippen LogP contribution in [0.5, 0.6) is 0 Å². The first kappa shape index (κ1) is 28.6. The second-order valence-electron chi connectivity index (χ2n) is 10.4. The Balaban J connectivity index is 3.10. The summed E-state index contributed by atoms with van der Waals surface area (Å²) in [5.41, 5.74) is 0.605. The van der Waals surface area contributed by atoms with Crippen molar-refractivity contribution in [1.82, 2.24) is 0 Å². The monoisotopic (exact) mass is 460 g/mol. The molecule has 0 amide bonds. The first-order valence-corrected chi connectivity index (χ1v) is 14.3. The number of benzene rings is 1. The quantitative estimate of drug-likeness (QED) is 0.143. The fraction of sp³-hybridized carbons (Fsp3) is 0.630. The second kappa shape index (κ2) is 12.7. The first-order valence-electron chi connectivity index (χ1n) is 11.4. The summed E-state index contributed by atoms with van der Waals surface area (Å²) in [6.07, 6.45) is 7.45. The van der Waals surface area contributed by atoms with Gasteiger partial charge in [0.15, 0.2) is 8.32 Å². The first-order chi connectivity index (χ1) is 14.9. The van der Waals surface area contributed by atoms with Gasteiger partial charge >= 0.3 is 0 Å². The average molecular weight is 461 g/mol. The van der Waals surface area contributed by atoms with Crippen molar-refractivity contribution < 1.29 is 18.6 Å². The van der Waals surface area contributed by atoms with Gasteiger partial charge in [0.1, 0.15) is 6.10 Å². The van der Waals surface area contributed by atoms with E-state index in [1.54, 1.807) is 13.2 Å². The Morgan fingerprint density at radius 1 is 1.12 bits per heavy atom. The third-order valence-corrected chi connectivity index (χ3v) is 10.8. The molecule has 3 atom stereocenters. The van der Waals surface area contributed by atoms with Crippen LogP contribution >= 0.6 is 0 Å². The fourth-order valence-corrected chi connectivity index (χ4v) is 4.51. The lowest BCUT2D eigenvalue weighted by Gasteiger charge is -2.46. The molecule has 0 aliphatic heterocycles. The van der Waals surface area contributed by atoms with Crippen molar-refractivity contribution in [1.29, 1.82) is 0 Å².